The minimum atomic E-state index is -0.359. The van der Waals surface area contributed by atoms with Gasteiger partial charge < -0.3 is 23.2 Å². The molecule has 2 aromatic carbocycles. The van der Waals surface area contributed by atoms with Crippen LogP contribution in [0.5, 0.6) is 0 Å². The number of unbranched alkanes of at least 4 members (excludes halogenated alkanes) is 3. The number of hydrogen-bond donors (Lipinski definition) is 0. The van der Waals surface area contributed by atoms with E-state index >= 15 is 0 Å². The summed E-state index contributed by atoms with van der Waals surface area (Å²) in [5.74, 6) is 4.06. The fourth-order valence-corrected chi connectivity index (χ4v) is 5.60. The van der Waals surface area contributed by atoms with Gasteiger partial charge in [-0.1, -0.05) is 62.4 Å². The van der Waals surface area contributed by atoms with Gasteiger partial charge in [-0.2, -0.15) is 0 Å². The summed E-state index contributed by atoms with van der Waals surface area (Å²) in [6.07, 6.45) is 9.19. The highest BCUT2D eigenvalue weighted by Gasteiger charge is 2.50. The Morgan fingerprint density at radius 3 is 1.41 bits per heavy atom. The van der Waals surface area contributed by atoms with Crippen molar-refractivity contribution >= 4 is 48.2 Å². The Morgan fingerprint density at radius 2 is 1.02 bits per heavy atom. The third-order valence-corrected chi connectivity index (χ3v) is 9.58. The molecule has 0 unspecified atom stereocenters. The van der Waals surface area contributed by atoms with Gasteiger partial charge in [0, 0.05) is 28.4 Å². The van der Waals surface area contributed by atoms with Crippen molar-refractivity contribution in [1.29, 1.82) is 0 Å². The second-order valence-corrected chi connectivity index (χ2v) is 13.7. The molecule has 0 radical (unpaired) electrons. The molecular formula is C34H47B2NO4. The summed E-state index contributed by atoms with van der Waals surface area (Å²) in [5, 5.41) is 2.52. The van der Waals surface area contributed by atoms with Crippen LogP contribution in [0.3, 0.4) is 0 Å². The number of rotatable bonds is 9. The van der Waals surface area contributed by atoms with Crippen molar-refractivity contribution in [3.63, 3.8) is 0 Å². The molecule has 3 aromatic rings. The van der Waals surface area contributed by atoms with Crippen LogP contribution >= 0.6 is 0 Å². The molecule has 5 nitrogen and oxygen atoms in total. The maximum atomic E-state index is 6.18. The van der Waals surface area contributed by atoms with Gasteiger partial charge in [-0.3, -0.25) is 0 Å². The third kappa shape index (κ3) is 5.97. The highest BCUT2D eigenvalue weighted by Crippen LogP contribution is 2.38. The molecule has 0 atom stereocenters. The van der Waals surface area contributed by atoms with Gasteiger partial charge >= 0.3 is 14.2 Å². The van der Waals surface area contributed by atoms with E-state index in [0.717, 1.165) is 17.7 Å². The molecule has 2 aliphatic rings. The Bertz CT molecular complexity index is 1330. The molecule has 3 heterocycles. The maximum absolute atomic E-state index is 6.18. The molecule has 41 heavy (non-hydrogen) atoms. The maximum Gasteiger partial charge on any atom is 0.487 e. The fraction of sp³-hybridized carbons (Fsp3) is 0.529. The standard InChI is InChI=1S/C34H47B2NO4/c1-10-11-12-13-22-37-29-16-14-25(18-20-35-38-31(2,3)32(4,5)39-35)23-27(29)28-24-26(15-17-30(28)37)19-21-36-40-33(6,7)34(8,9)41-36/h14-21,23-24H,10-13,22H2,1-9H3/b20-18+,21-19+. The van der Waals surface area contributed by atoms with E-state index in [1.807, 2.05) is 12.0 Å². The van der Waals surface area contributed by atoms with Crippen molar-refractivity contribution < 1.29 is 18.6 Å². The first kappa shape index (κ1) is 30.2. The summed E-state index contributed by atoms with van der Waals surface area (Å²) in [4.78, 5) is 0. The largest absolute Gasteiger partial charge is 0.487 e. The van der Waals surface area contributed by atoms with Crippen molar-refractivity contribution in [3.8, 4) is 0 Å². The second-order valence-electron chi connectivity index (χ2n) is 13.7. The van der Waals surface area contributed by atoms with Gasteiger partial charge in [0.25, 0.3) is 0 Å². The monoisotopic (exact) mass is 555 g/mol. The lowest BCUT2D eigenvalue weighted by atomic mass is 9.88. The predicted molar refractivity (Wildman–Crippen MR) is 174 cm³/mol. The van der Waals surface area contributed by atoms with Gasteiger partial charge in [-0.15, -0.1) is 0 Å². The van der Waals surface area contributed by atoms with Crippen LogP contribution in [0.4, 0.5) is 0 Å². The molecule has 2 saturated heterocycles. The summed E-state index contributed by atoms with van der Waals surface area (Å²) >= 11 is 0. The lowest BCUT2D eigenvalue weighted by Gasteiger charge is -2.32. The first-order valence-electron chi connectivity index (χ1n) is 15.4. The van der Waals surface area contributed by atoms with Gasteiger partial charge in [0.1, 0.15) is 0 Å². The Kier molecular flexibility index (Phi) is 8.14. The molecule has 2 fully saturated rings. The summed E-state index contributed by atoms with van der Waals surface area (Å²) < 4.78 is 27.2. The van der Waals surface area contributed by atoms with Crippen LogP contribution in [-0.4, -0.2) is 41.2 Å². The first-order chi connectivity index (χ1) is 19.2. The van der Waals surface area contributed by atoms with Gasteiger partial charge in [-0.25, -0.2) is 0 Å². The minimum absolute atomic E-state index is 0.346. The lowest BCUT2D eigenvalue weighted by molar-refractivity contribution is 0.00578. The van der Waals surface area contributed by atoms with E-state index in [1.54, 1.807) is 0 Å². The predicted octanol–water partition coefficient (Wildman–Crippen LogP) is 8.66. The summed E-state index contributed by atoms with van der Waals surface area (Å²) in [6, 6.07) is 13.5. The van der Waals surface area contributed by atoms with Gasteiger partial charge in [0.2, 0.25) is 0 Å². The van der Waals surface area contributed by atoms with Gasteiger partial charge in [0.05, 0.1) is 22.4 Å². The number of aromatic nitrogens is 1. The molecule has 2 aliphatic heterocycles. The Hall–Kier alpha value is -2.31. The second kappa shape index (κ2) is 11.1. The zero-order chi connectivity index (χ0) is 29.6. The normalized spacial score (nSPS) is 21.4. The van der Waals surface area contributed by atoms with Crippen LogP contribution < -0.4 is 0 Å². The summed E-state index contributed by atoms with van der Waals surface area (Å²) in [7, 11) is -0.718. The zero-order valence-electron chi connectivity index (χ0n) is 26.5. The van der Waals surface area contributed by atoms with Crippen LogP contribution in [0.25, 0.3) is 34.0 Å². The summed E-state index contributed by atoms with van der Waals surface area (Å²) in [5.41, 5.74) is 3.43. The number of aryl methyl sites for hydroxylation is 1. The van der Waals surface area contributed by atoms with Crippen molar-refractivity contribution in [2.45, 2.75) is 117 Å². The average Bonchev–Trinajstić information content (AvgIpc) is 3.39. The quantitative estimate of drug-likeness (QED) is 0.196. The van der Waals surface area contributed by atoms with Crippen LogP contribution in [0, 0.1) is 0 Å². The van der Waals surface area contributed by atoms with E-state index in [-0.39, 0.29) is 36.6 Å². The van der Waals surface area contributed by atoms with Crippen LogP contribution in [0.1, 0.15) is 99.1 Å². The number of fused-ring (bicyclic) bond motifs is 3. The lowest BCUT2D eigenvalue weighted by Crippen LogP contribution is -2.41. The van der Waals surface area contributed by atoms with Gasteiger partial charge in [0.15, 0.2) is 0 Å². The highest BCUT2D eigenvalue weighted by molar-refractivity contribution is 6.53. The van der Waals surface area contributed by atoms with Gasteiger partial charge in [-0.05, 0) is 97.2 Å². The van der Waals surface area contributed by atoms with E-state index < -0.39 is 0 Å². The molecule has 5 rings (SSSR count). The van der Waals surface area contributed by atoms with Crippen molar-refractivity contribution in [2.24, 2.45) is 0 Å². The van der Waals surface area contributed by atoms with Crippen molar-refractivity contribution in [1.82, 2.24) is 4.57 Å². The molecule has 7 heteroatoms. The molecule has 218 valence electrons. The van der Waals surface area contributed by atoms with E-state index in [1.165, 1.54) is 47.5 Å². The first-order valence-corrected chi connectivity index (χ1v) is 15.4. The fourth-order valence-electron chi connectivity index (χ4n) is 5.60. The number of nitrogens with zero attached hydrogens (tertiary/aromatic N) is 1. The SMILES string of the molecule is CCCCCCn1c2ccc(/C=C/B3OC(C)(C)C(C)(C)O3)cc2c2cc(/C=C/B3OC(C)(C)C(C)(C)O3)ccc21. The Morgan fingerprint density at radius 1 is 0.610 bits per heavy atom. The van der Waals surface area contributed by atoms with E-state index in [9.17, 15) is 0 Å². The number of hydrogen-bond acceptors (Lipinski definition) is 4. The topological polar surface area (TPSA) is 41.9 Å². The average molecular weight is 555 g/mol. The van der Waals surface area contributed by atoms with Crippen molar-refractivity contribution in [2.75, 3.05) is 0 Å². The molecule has 0 spiro atoms. The van der Waals surface area contributed by atoms with Crippen LogP contribution in [0.15, 0.2) is 48.3 Å². The Balaban J connectivity index is 1.46. The van der Waals surface area contributed by atoms with Crippen LogP contribution in [0.2, 0.25) is 0 Å². The Labute approximate surface area is 247 Å². The summed E-state index contributed by atoms with van der Waals surface area (Å²) in [6.45, 7) is 20.0. The van der Waals surface area contributed by atoms with Crippen LogP contribution in [-0.2, 0) is 25.2 Å². The van der Waals surface area contributed by atoms with E-state index in [4.69, 9.17) is 18.6 Å². The highest BCUT2D eigenvalue weighted by atomic mass is 16.7. The molecular weight excluding hydrogens is 508 g/mol. The minimum Gasteiger partial charge on any atom is -0.400 e. The third-order valence-electron chi connectivity index (χ3n) is 9.58. The smallest absolute Gasteiger partial charge is 0.400 e. The zero-order valence-corrected chi connectivity index (χ0v) is 26.5. The number of benzene rings is 2. The molecule has 0 N–H and O–H groups in total. The molecule has 0 amide bonds. The molecule has 0 aliphatic carbocycles. The molecule has 0 saturated carbocycles. The van der Waals surface area contributed by atoms with E-state index in [0.29, 0.717) is 0 Å². The van der Waals surface area contributed by atoms with E-state index in [2.05, 4.69) is 115 Å². The molecule has 1 aromatic heterocycles. The molecule has 0 bridgehead atoms. The van der Waals surface area contributed by atoms with Crippen molar-refractivity contribution in [3.05, 3.63) is 59.5 Å².